The Morgan fingerprint density at radius 1 is 1.23 bits per heavy atom. The average Bonchev–Trinajstić information content (AvgIpc) is 2.35. The van der Waals surface area contributed by atoms with E-state index in [1.54, 1.807) is 6.07 Å². The van der Waals surface area contributed by atoms with Crippen LogP contribution in [0.1, 0.15) is 38.7 Å². The molecule has 22 heavy (non-hydrogen) atoms. The minimum absolute atomic E-state index is 0.122. The van der Waals surface area contributed by atoms with Crippen LogP contribution in [0, 0.1) is 17.7 Å². The van der Waals surface area contributed by atoms with Crippen LogP contribution in [-0.4, -0.2) is 28.1 Å². The molecule has 0 amide bonds. The number of rotatable bonds is 3. The summed E-state index contributed by atoms with van der Waals surface area (Å²) < 4.78 is 14.2. The number of hydrogen-bond acceptors (Lipinski definition) is 4. The lowest BCUT2D eigenvalue weighted by molar-refractivity contribution is -0.151. The summed E-state index contributed by atoms with van der Waals surface area (Å²) >= 11 is 0. The van der Waals surface area contributed by atoms with Gasteiger partial charge in [-0.05, 0) is 32.4 Å². The zero-order chi connectivity index (χ0) is 16.7. The van der Waals surface area contributed by atoms with Crippen LogP contribution >= 0.6 is 0 Å². The average molecular weight is 306 g/mol. The van der Waals surface area contributed by atoms with Gasteiger partial charge in [-0.25, -0.2) is 4.39 Å². The molecule has 4 nitrogen and oxygen atoms in total. The fourth-order valence-electron chi connectivity index (χ4n) is 3.63. The molecule has 5 heteroatoms. The largest absolute Gasteiger partial charge is 0.389 e. The number of Topliss-reactive ketones (excluding diaryl/α,β-unsaturated/α-hetero) is 3. The van der Waals surface area contributed by atoms with Crippen LogP contribution in [0.5, 0.6) is 0 Å². The number of carbonyl (C=O) groups excluding carboxylic acids is 3. The number of carbonyl (C=O) groups is 3. The van der Waals surface area contributed by atoms with E-state index in [1.807, 2.05) is 0 Å². The summed E-state index contributed by atoms with van der Waals surface area (Å²) in [6.45, 7) is 3.94. The summed E-state index contributed by atoms with van der Waals surface area (Å²) in [5, 5.41) is 10.5. The number of halogens is 1. The lowest BCUT2D eigenvalue weighted by Gasteiger charge is -2.44. The van der Waals surface area contributed by atoms with Crippen molar-refractivity contribution in [1.29, 1.82) is 0 Å². The van der Waals surface area contributed by atoms with E-state index in [1.165, 1.54) is 39.0 Å². The molecule has 1 aromatic carbocycles. The van der Waals surface area contributed by atoms with E-state index in [4.69, 9.17) is 0 Å². The van der Waals surface area contributed by atoms with Gasteiger partial charge in [0.05, 0.1) is 17.4 Å². The zero-order valence-corrected chi connectivity index (χ0v) is 12.8. The Labute approximate surface area is 128 Å². The number of benzene rings is 1. The predicted octanol–water partition coefficient (Wildman–Crippen LogP) is 2.04. The fraction of sp³-hybridized carbons (Fsp3) is 0.471. The molecule has 0 heterocycles. The maximum absolute atomic E-state index is 14.2. The first-order valence-corrected chi connectivity index (χ1v) is 7.17. The van der Waals surface area contributed by atoms with Gasteiger partial charge in [0.15, 0.2) is 0 Å². The van der Waals surface area contributed by atoms with Crippen molar-refractivity contribution in [2.45, 2.75) is 38.7 Å². The van der Waals surface area contributed by atoms with Crippen LogP contribution < -0.4 is 0 Å². The third kappa shape index (κ3) is 2.73. The van der Waals surface area contributed by atoms with Crippen LogP contribution in [0.3, 0.4) is 0 Å². The lowest BCUT2D eigenvalue weighted by atomic mass is 9.60. The van der Waals surface area contributed by atoms with Gasteiger partial charge in [0.1, 0.15) is 23.2 Å². The Morgan fingerprint density at radius 2 is 1.82 bits per heavy atom. The van der Waals surface area contributed by atoms with Gasteiger partial charge in [0.25, 0.3) is 0 Å². The van der Waals surface area contributed by atoms with Crippen LogP contribution in [0.2, 0.25) is 0 Å². The Balaban J connectivity index is 2.68. The third-order valence-electron chi connectivity index (χ3n) is 4.41. The van der Waals surface area contributed by atoms with Crippen molar-refractivity contribution in [3.8, 4) is 0 Å². The van der Waals surface area contributed by atoms with Gasteiger partial charge in [0, 0.05) is 12.3 Å². The second-order valence-electron chi connectivity index (χ2n) is 6.22. The summed E-state index contributed by atoms with van der Waals surface area (Å²) in [5.41, 5.74) is -1.47. The molecule has 1 saturated carbocycles. The number of hydrogen-bond donors (Lipinski definition) is 1. The topological polar surface area (TPSA) is 71.4 Å². The maximum atomic E-state index is 14.2. The van der Waals surface area contributed by atoms with E-state index in [-0.39, 0.29) is 17.8 Å². The lowest BCUT2D eigenvalue weighted by Crippen LogP contribution is -2.54. The van der Waals surface area contributed by atoms with Crippen molar-refractivity contribution in [2.24, 2.45) is 11.8 Å². The standard InChI is InChI=1S/C17H19FO4/c1-9(19)14-13(21)8-17(3,22)16(10(2)20)15(14)11-6-4-5-7-12(11)18/h4-7,14-16,22H,8H2,1-3H3. The molecule has 4 atom stereocenters. The summed E-state index contributed by atoms with van der Waals surface area (Å²) in [7, 11) is 0. The highest BCUT2D eigenvalue weighted by atomic mass is 19.1. The molecule has 2 rings (SSSR count). The Bertz CT molecular complexity index is 635. The van der Waals surface area contributed by atoms with Crippen LogP contribution in [0.25, 0.3) is 0 Å². The van der Waals surface area contributed by atoms with Crippen LogP contribution in [0.4, 0.5) is 4.39 Å². The van der Waals surface area contributed by atoms with Crippen molar-refractivity contribution in [3.63, 3.8) is 0 Å². The molecule has 0 aromatic heterocycles. The highest BCUT2D eigenvalue weighted by Gasteiger charge is 2.54. The third-order valence-corrected chi connectivity index (χ3v) is 4.41. The number of aliphatic hydroxyl groups is 1. The summed E-state index contributed by atoms with van der Waals surface area (Å²) in [5.74, 6) is -4.91. The first-order chi connectivity index (χ1) is 10.2. The van der Waals surface area contributed by atoms with E-state index >= 15 is 0 Å². The molecule has 1 N–H and O–H groups in total. The summed E-state index contributed by atoms with van der Waals surface area (Å²) in [4.78, 5) is 36.3. The van der Waals surface area contributed by atoms with Gasteiger partial charge in [-0.2, -0.15) is 0 Å². The zero-order valence-electron chi connectivity index (χ0n) is 12.8. The monoisotopic (exact) mass is 306 g/mol. The molecule has 0 spiro atoms. The Kier molecular flexibility index (Phi) is 4.29. The second kappa shape index (κ2) is 5.72. The van der Waals surface area contributed by atoms with Crippen molar-refractivity contribution < 1.29 is 23.9 Å². The van der Waals surface area contributed by atoms with Crippen LogP contribution in [0.15, 0.2) is 24.3 Å². The van der Waals surface area contributed by atoms with E-state index in [0.29, 0.717) is 0 Å². The van der Waals surface area contributed by atoms with Gasteiger partial charge in [-0.15, -0.1) is 0 Å². The van der Waals surface area contributed by atoms with Crippen molar-refractivity contribution in [2.75, 3.05) is 0 Å². The minimum Gasteiger partial charge on any atom is -0.389 e. The van der Waals surface area contributed by atoms with Gasteiger partial charge >= 0.3 is 0 Å². The molecule has 0 radical (unpaired) electrons. The van der Waals surface area contributed by atoms with E-state index in [0.717, 1.165) is 0 Å². The summed E-state index contributed by atoms with van der Waals surface area (Å²) in [6, 6.07) is 5.76. The fourth-order valence-corrected chi connectivity index (χ4v) is 3.63. The quantitative estimate of drug-likeness (QED) is 0.868. The predicted molar refractivity (Wildman–Crippen MR) is 77.7 cm³/mol. The molecular weight excluding hydrogens is 287 g/mol. The summed E-state index contributed by atoms with van der Waals surface area (Å²) in [6.07, 6.45) is -0.285. The SMILES string of the molecule is CC(=O)C1C(=O)CC(C)(O)C(C(C)=O)C1c1ccccc1F. The van der Waals surface area contributed by atoms with Crippen molar-refractivity contribution in [1.82, 2.24) is 0 Å². The van der Waals surface area contributed by atoms with Gasteiger partial charge in [-0.3, -0.25) is 14.4 Å². The highest BCUT2D eigenvalue weighted by molar-refractivity contribution is 6.05. The molecule has 1 aliphatic rings. The molecule has 4 unspecified atom stereocenters. The van der Waals surface area contributed by atoms with Gasteiger partial charge in [-0.1, -0.05) is 18.2 Å². The minimum atomic E-state index is -1.60. The van der Waals surface area contributed by atoms with Gasteiger partial charge in [0.2, 0.25) is 0 Å². The highest BCUT2D eigenvalue weighted by Crippen LogP contribution is 2.46. The van der Waals surface area contributed by atoms with Crippen LogP contribution in [-0.2, 0) is 14.4 Å². The first kappa shape index (κ1) is 16.5. The van der Waals surface area contributed by atoms with Crippen molar-refractivity contribution >= 4 is 17.3 Å². The number of ketones is 3. The maximum Gasteiger partial charge on any atom is 0.146 e. The smallest absolute Gasteiger partial charge is 0.146 e. The molecule has 1 aromatic rings. The molecule has 118 valence electrons. The molecule has 0 saturated heterocycles. The molecule has 0 aliphatic heterocycles. The Morgan fingerprint density at radius 3 is 2.32 bits per heavy atom. The normalized spacial score (nSPS) is 31.9. The van der Waals surface area contributed by atoms with E-state index < -0.39 is 40.7 Å². The molecule has 1 fully saturated rings. The van der Waals surface area contributed by atoms with E-state index in [9.17, 15) is 23.9 Å². The molecule has 1 aliphatic carbocycles. The van der Waals surface area contributed by atoms with Gasteiger partial charge < -0.3 is 5.11 Å². The second-order valence-corrected chi connectivity index (χ2v) is 6.22. The first-order valence-electron chi connectivity index (χ1n) is 7.17. The molecule has 0 bridgehead atoms. The van der Waals surface area contributed by atoms with Crippen molar-refractivity contribution in [3.05, 3.63) is 35.6 Å². The molecular formula is C17H19FO4. The Hall–Kier alpha value is -1.88. The van der Waals surface area contributed by atoms with E-state index in [2.05, 4.69) is 0 Å².